The normalized spacial score (nSPS) is 31.4. The first-order valence-corrected chi connectivity index (χ1v) is 8.72. The Bertz CT molecular complexity index is 539. The summed E-state index contributed by atoms with van der Waals surface area (Å²) in [5, 5.41) is 11.9. The molecule has 0 aromatic heterocycles. The first-order chi connectivity index (χ1) is 9.29. The Labute approximate surface area is 118 Å². The molecule has 1 saturated carbocycles. The molecule has 6 nitrogen and oxygen atoms in total. The Kier molecular flexibility index (Phi) is 4.17. The number of allylic oxidation sites excluding steroid dienone is 2. The first kappa shape index (κ1) is 15.0. The van der Waals surface area contributed by atoms with E-state index in [2.05, 4.69) is 5.32 Å². The molecule has 2 aliphatic rings. The number of carboxylic acids is 1. The van der Waals surface area contributed by atoms with E-state index in [1.165, 1.54) is 0 Å². The molecule has 0 saturated heterocycles. The van der Waals surface area contributed by atoms with Gasteiger partial charge in [-0.25, -0.2) is 8.42 Å². The van der Waals surface area contributed by atoms with E-state index in [0.717, 1.165) is 12.7 Å². The number of sulfone groups is 1. The van der Waals surface area contributed by atoms with Crippen molar-refractivity contribution < 1.29 is 23.1 Å². The van der Waals surface area contributed by atoms with Crippen molar-refractivity contribution in [1.82, 2.24) is 5.32 Å². The van der Waals surface area contributed by atoms with Crippen molar-refractivity contribution in [3.05, 3.63) is 12.2 Å². The maximum Gasteiger partial charge on any atom is 0.307 e. The summed E-state index contributed by atoms with van der Waals surface area (Å²) >= 11 is 0. The molecule has 20 heavy (non-hydrogen) atoms. The van der Waals surface area contributed by atoms with Crippen LogP contribution in [0, 0.1) is 23.7 Å². The molecule has 1 fully saturated rings. The van der Waals surface area contributed by atoms with Crippen molar-refractivity contribution in [2.45, 2.75) is 12.8 Å². The summed E-state index contributed by atoms with van der Waals surface area (Å²) in [5.74, 6) is -2.42. The molecule has 0 aliphatic heterocycles. The molecule has 0 heterocycles. The van der Waals surface area contributed by atoms with E-state index in [1.54, 1.807) is 0 Å². The van der Waals surface area contributed by atoms with Gasteiger partial charge < -0.3 is 10.4 Å². The zero-order valence-corrected chi connectivity index (χ0v) is 12.1. The van der Waals surface area contributed by atoms with Gasteiger partial charge in [0, 0.05) is 12.8 Å². The van der Waals surface area contributed by atoms with Crippen LogP contribution in [0.1, 0.15) is 12.8 Å². The van der Waals surface area contributed by atoms with Gasteiger partial charge in [-0.15, -0.1) is 0 Å². The van der Waals surface area contributed by atoms with Gasteiger partial charge in [-0.2, -0.15) is 0 Å². The molecule has 112 valence electrons. The predicted molar refractivity (Wildman–Crippen MR) is 72.7 cm³/mol. The number of hydrogen-bond acceptors (Lipinski definition) is 4. The van der Waals surface area contributed by atoms with Crippen LogP contribution in [0.3, 0.4) is 0 Å². The number of fused-ring (bicyclic) bond motifs is 2. The Morgan fingerprint density at radius 2 is 1.85 bits per heavy atom. The van der Waals surface area contributed by atoms with Crippen LogP contribution >= 0.6 is 0 Å². The summed E-state index contributed by atoms with van der Waals surface area (Å²) < 4.78 is 22.0. The van der Waals surface area contributed by atoms with Gasteiger partial charge in [0.05, 0.1) is 17.6 Å². The number of carbonyl (C=O) groups excluding carboxylic acids is 1. The van der Waals surface area contributed by atoms with Gasteiger partial charge in [0.25, 0.3) is 0 Å². The van der Waals surface area contributed by atoms with Crippen molar-refractivity contribution in [3.63, 3.8) is 0 Å². The lowest BCUT2D eigenvalue weighted by molar-refractivity contribution is -0.147. The molecular formula is C13H19NO5S. The summed E-state index contributed by atoms with van der Waals surface area (Å²) in [4.78, 5) is 23.4. The van der Waals surface area contributed by atoms with Gasteiger partial charge >= 0.3 is 5.97 Å². The number of carbonyl (C=O) groups is 2. The minimum Gasteiger partial charge on any atom is -0.481 e. The van der Waals surface area contributed by atoms with Gasteiger partial charge in [-0.1, -0.05) is 12.2 Å². The Morgan fingerprint density at radius 3 is 2.40 bits per heavy atom. The Morgan fingerprint density at radius 1 is 1.25 bits per heavy atom. The van der Waals surface area contributed by atoms with Crippen LogP contribution in [0.25, 0.3) is 0 Å². The van der Waals surface area contributed by atoms with Crippen molar-refractivity contribution in [2.75, 3.05) is 18.6 Å². The quantitative estimate of drug-likeness (QED) is 0.534. The number of amides is 1. The molecule has 0 radical (unpaired) electrons. The third kappa shape index (κ3) is 3.20. The summed E-state index contributed by atoms with van der Waals surface area (Å²) in [7, 11) is -3.03. The van der Waals surface area contributed by atoms with Crippen LogP contribution in [0.5, 0.6) is 0 Å². The first-order valence-electron chi connectivity index (χ1n) is 6.66. The van der Waals surface area contributed by atoms with Crippen molar-refractivity contribution in [2.24, 2.45) is 23.7 Å². The van der Waals surface area contributed by atoms with Crippen molar-refractivity contribution in [3.8, 4) is 0 Å². The topological polar surface area (TPSA) is 101 Å². The fraction of sp³-hybridized carbons (Fsp3) is 0.692. The highest BCUT2D eigenvalue weighted by molar-refractivity contribution is 7.90. The largest absolute Gasteiger partial charge is 0.481 e. The van der Waals surface area contributed by atoms with Gasteiger partial charge in [0.2, 0.25) is 5.91 Å². The Hall–Kier alpha value is -1.37. The minimum absolute atomic E-state index is 0.00370. The lowest BCUT2D eigenvalue weighted by atomic mass is 9.82. The van der Waals surface area contributed by atoms with Crippen LogP contribution < -0.4 is 5.32 Å². The van der Waals surface area contributed by atoms with E-state index in [-0.39, 0.29) is 30.0 Å². The van der Waals surface area contributed by atoms with Crippen LogP contribution in [-0.4, -0.2) is 44.0 Å². The van der Waals surface area contributed by atoms with E-state index in [9.17, 15) is 23.1 Å². The molecule has 2 N–H and O–H groups in total. The average Bonchev–Trinajstić information content (AvgIpc) is 2.92. The lowest BCUT2D eigenvalue weighted by Crippen LogP contribution is -2.40. The molecular weight excluding hydrogens is 282 g/mol. The van der Waals surface area contributed by atoms with E-state index in [4.69, 9.17) is 0 Å². The predicted octanol–water partition coefficient (Wildman–Crippen LogP) is 0.0602. The van der Waals surface area contributed by atoms with E-state index >= 15 is 0 Å². The average molecular weight is 301 g/mol. The number of rotatable bonds is 6. The van der Waals surface area contributed by atoms with Crippen molar-refractivity contribution >= 4 is 21.7 Å². The number of aliphatic carboxylic acids is 1. The molecule has 0 spiro atoms. The van der Waals surface area contributed by atoms with Crippen LogP contribution in [-0.2, 0) is 19.4 Å². The van der Waals surface area contributed by atoms with E-state index in [0.29, 0.717) is 6.42 Å². The summed E-state index contributed by atoms with van der Waals surface area (Å²) in [5.41, 5.74) is 0. The smallest absolute Gasteiger partial charge is 0.307 e. The highest BCUT2D eigenvalue weighted by Gasteiger charge is 2.51. The zero-order chi connectivity index (χ0) is 14.9. The monoisotopic (exact) mass is 301 g/mol. The van der Waals surface area contributed by atoms with Gasteiger partial charge in [0.1, 0.15) is 9.84 Å². The zero-order valence-electron chi connectivity index (χ0n) is 11.3. The molecule has 7 heteroatoms. The SMILES string of the molecule is CS(=O)(=O)CCCNC(=O)[C@H]1C2C=CC(C2)[C@H]1C(=O)O. The summed E-state index contributed by atoms with van der Waals surface area (Å²) in [6.07, 6.45) is 6.02. The number of carboxylic acid groups (broad SMARTS) is 1. The molecule has 4 atom stereocenters. The van der Waals surface area contributed by atoms with E-state index < -0.39 is 27.6 Å². The fourth-order valence-corrected chi connectivity index (χ4v) is 3.85. The second-order valence-corrected chi connectivity index (χ2v) is 7.87. The summed E-state index contributed by atoms with van der Waals surface area (Å²) in [6, 6.07) is 0. The molecule has 2 unspecified atom stereocenters. The van der Waals surface area contributed by atoms with Gasteiger partial charge in [0.15, 0.2) is 0 Å². The van der Waals surface area contributed by atoms with Crippen molar-refractivity contribution in [1.29, 1.82) is 0 Å². The molecule has 2 bridgehead atoms. The molecule has 0 aromatic rings. The lowest BCUT2D eigenvalue weighted by Gasteiger charge is -2.23. The van der Waals surface area contributed by atoms with Crippen LogP contribution in [0.2, 0.25) is 0 Å². The molecule has 2 rings (SSSR count). The summed E-state index contributed by atoms with van der Waals surface area (Å²) in [6.45, 7) is 0.260. The number of hydrogen-bond donors (Lipinski definition) is 2. The fourth-order valence-electron chi connectivity index (χ4n) is 3.18. The number of nitrogens with one attached hydrogen (secondary N) is 1. The van der Waals surface area contributed by atoms with Gasteiger partial charge in [-0.3, -0.25) is 9.59 Å². The van der Waals surface area contributed by atoms with E-state index in [1.807, 2.05) is 12.2 Å². The third-order valence-electron chi connectivity index (χ3n) is 4.04. The molecule has 1 amide bonds. The highest BCUT2D eigenvalue weighted by atomic mass is 32.2. The Balaban J connectivity index is 1.89. The standard InChI is InChI=1S/C13H19NO5S/c1-20(18,19)6-2-5-14-12(15)10-8-3-4-9(7-8)11(10)13(16)17/h3-4,8-11H,2,5-7H2,1H3,(H,14,15)(H,16,17)/t8?,9?,10-,11+/m0/s1. The highest BCUT2D eigenvalue weighted by Crippen LogP contribution is 2.48. The second-order valence-electron chi connectivity index (χ2n) is 5.61. The third-order valence-corrected chi connectivity index (χ3v) is 5.07. The molecule has 0 aromatic carbocycles. The second kappa shape index (κ2) is 5.55. The molecule has 2 aliphatic carbocycles. The maximum absolute atomic E-state index is 12.1. The van der Waals surface area contributed by atoms with Crippen LogP contribution in [0.15, 0.2) is 12.2 Å². The maximum atomic E-state index is 12.1. The van der Waals surface area contributed by atoms with Gasteiger partial charge in [-0.05, 0) is 24.7 Å². The minimum atomic E-state index is -3.03. The van der Waals surface area contributed by atoms with Crippen LogP contribution in [0.4, 0.5) is 0 Å².